The van der Waals surface area contributed by atoms with Crippen molar-refractivity contribution in [1.82, 2.24) is 14.9 Å². The number of hydrogen-bond acceptors (Lipinski definition) is 3. The summed E-state index contributed by atoms with van der Waals surface area (Å²) in [6.07, 6.45) is 0. The first-order valence-electron chi connectivity index (χ1n) is 9.63. The molecule has 146 valence electrons. The van der Waals surface area contributed by atoms with Crippen LogP contribution in [-0.2, 0) is 17.9 Å². The molecule has 0 fully saturated rings. The van der Waals surface area contributed by atoms with Crippen LogP contribution in [0.5, 0.6) is 5.75 Å². The van der Waals surface area contributed by atoms with Crippen LogP contribution < -0.4 is 10.1 Å². The molecule has 0 radical (unpaired) electrons. The van der Waals surface area contributed by atoms with Crippen LogP contribution in [0.1, 0.15) is 17.0 Å². The number of hydrogen-bond donors (Lipinski definition) is 1. The number of aromatic nitrogens is 2. The zero-order chi connectivity index (χ0) is 20.1. The highest BCUT2D eigenvalue weighted by Gasteiger charge is 2.12. The van der Waals surface area contributed by atoms with E-state index in [1.807, 2.05) is 48.5 Å². The Morgan fingerprint density at radius 1 is 1.00 bits per heavy atom. The quantitative estimate of drug-likeness (QED) is 0.521. The lowest BCUT2D eigenvalue weighted by atomic mass is 10.1. The van der Waals surface area contributed by atoms with Gasteiger partial charge in [0.1, 0.15) is 11.6 Å². The van der Waals surface area contributed by atoms with E-state index in [9.17, 15) is 4.79 Å². The zero-order valence-corrected chi connectivity index (χ0v) is 16.3. The lowest BCUT2D eigenvalue weighted by Gasteiger charge is -2.11. The second kappa shape index (κ2) is 8.61. The van der Waals surface area contributed by atoms with Gasteiger partial charge in [-0.05, 0) is 36.8 Å². The number of imidazole rings is 1. The van der Waals surface area contributed by atoms with Gasteiger partial charge >= 0.3 is 0 Å². The van der Waals surface area contributed by atoms with Crippen molar-refractivity contribution in [3.05, 3.63) is 95.8 Å². The Morgan fingerprint density at radius 2 is 1.79 bits per heavy atom. The Kier molecular flexibility index (Phi) is 5.56. The molecule has 1 heterocycles. The Morgan fingerprint density at radius 3 is 2.62 bits per heavy atom. The van der Waals surface area contributed by atoms with Crippen molar-refractivity contribution in [3.63, 3.8) is 0 Å². The summed E-state index contributed by atoms with van der Waals surface area (Å²) in [5.41, 5.74) is 4.40. The summed E-state index contributed by atoms with van der Waals surface area (Å²) in [6.45, 7) is 3.11. The molecular weight excluding hydrogens is 362 g/mol. The molecule has 0 aliphatic heterocycles. The van der Waals surface area contributed by atoms with Gasteiger partial charge in [-0.1, -0.05) is 60.2 Å². The third-order valence-electron chi connectivity index (χ3n) is 4.71. The molecule has 3 aromatic carbocycles. The fourth-order valence-electron chi connectivity index (χ4n) is 3.32. The van der Waals surface area contributed by atoms with Crippen LogP contribution in [0.3, 0.4) is 0 Å². The predicted octanol–water partition coefficient (Wildman–Crippen LogP) is 4.09. The molecule has 0 saturated heterocycles. The smallest absolute Gasteiger partial charge is 0.258 e. The number of carbonyl (C=O) groups excluding carboxylic acids is 1. The highest BCUT2D eigenvalue weighted by molar-refractivity contribution is 5.78. The molecular formula is C24H23N3O2. The topological polar surface area (TPSA) is 56.2 Å². The average Bonchev–Trinajstić information content (AvgIpc) is 3.09. The summed E-state index contributed by atoms with van der Waals surface area (Å²) in [4.78, 5) is 17.0. The number of ether oxygens (including phenoxy) is 1. The van der Waals surface area contributed by atoms with Crippen LogP contribution in [0.15, 0.2) is 78.9 Å². The Balaban J connectivity index is 1.48. The van der Waals surface area contributed by atoms with E-state index < -0.39 is 0 Å². The first-order valence-corrected chi connectivity index (χ1v) is 9.63. The van der Waals surface area contributed by atoms with Crippen LogP contribution >= 0.6 is 0 Å². The number of amides is 1. The molecule has 0 atom stereocenters. The first-order chi connectivity index (χ1) is 14.2. The van der Waals surface area contributed by atoms with E-state index in [0.29, 0.717) is 18.8 Å². The standard InChI is InChI=1S/C24H23N3O2/c1-18-8-7-9-19(14-18)16-27-22-13-6-5-12-21(22)26-23(27)15-25-24(28)17-29-20-10-3-2-4-11-20/h2-14H,15-17H2,1H3,(H,25,28). The second-order valence-electron chi connectivity index (χ2n) is 6.97. The highest BCUT2D eigenvalue weighted by Crippen LogP contribution is 2.18. The van der Waals surface area contributed by atoms with E-state index in [-0.39, 0.29) is 12.5 Å². The normalized spacial score (nSPS) is 10.8. The molecule has 0 unspecified atom stereocenters. The van der Waals surface area contributed by atoms with Gasteiger partial charge in [-0.3, -0.25) is 4.79 Å². The number of nitrogens with one attached hydrogen (secondary N) is 1. The fraction of sp³-hybridized carbons (Fsp3) is 0.167. The van der Waals surface area contributed by atoms with Crippen molar-refractivity contribution in [2.45, 2.75) is 20.0 Å². The van der Waals surface area contributed by atoms with E-state index in [2.05, 4.69) is 47.1 Å². The van der Waals surface area contributed by atoms with Gasteiger partial charge in [-0.15, -0.1) is 0 Å². The molecule has 0 bridgehead atoms. The minimum atomic E-state index is -0.178. The van der Waals surface area contributed by atoms with Crippen molar-refractivity contribution in [3.8, 4) is 5.75 Å². The van der Waals surface area contributed by atoms with Crippen LogP contribution in [-0.4, -0.2) is 22.1 Å². The number of fused-ring (bicyclic) bond motifs is 1. The molecule has 5 nitrogen and oxygen atoms in total. The maximum Gasteiger partial charge on any atom is 0.258 e. The zero-order valence-electron chi connectivity index (χ0n) is 16.3. The summed E-state index contributed by atoms with van der Waals surface area (Å²) >= 11 is 0. The van der Waals surface area contributed by atoms with Crippen molar-refractivity contribution in [2.75, 3.05) is 6.61 Å². The average molecular weight is 385 g/mol. The Labute approximate surface area is 170 Å². The third-order valence-corrected chi connectivity index (χ3v) is 4.71. The third kappa shape index (κ3) is 4.63. The van der Waals surface area contributed by atoms with Crippen molar-refractivity contribution in [2.24, 2.45) is 0 Å². The molecule has 0 saturated carbocycles. The maximum atomic E-state index is 12.2. The van der Waals surface area contributed by atoms with Gasteiger partial charge in [0.05, 0.1) is 17.6 Å². The summed E-state index contributed by atoms with van der Waals surface area (Å²) in [5.74, 6) is 1.32. The Hall–Kier alpha value is -3.60. The van der Waals surface area contributed by atoms with Gasteiger partial charge in [0.2, 0.25) is 0 Å². The van der Waals surface area contributed by atoms with Crippen molar-refractivity contribution in [1.29, 1.82) is 0 Å². The summed E-state index contributed by atoms with van der Waals surface area (Å²) in [7, 11) is 0. The first kappa shape index (κ1) is 18.7. The fourth-order valence-corrected chi connectivity index (χ4v) is 3.32. The van der Waals surface area contributed by atoms with Gasteiger partial charge in [0, 0.05) is 6.54 Å². The van der Waals surface area contributed by atoms with E-state index in [4.69, 9.17) is 9.72 Å². The number of rotatable bonds is 7. The molecule has 1 amide bonds. The molecule has 5 heteroatoms. The molecule has 0 aliphatic rings. The van der Waals surface area contributed by atoms with Gasteiger partial charge < -0.3 is 14.6 Å². The van der Waals surface area contributed by atoms with E-state index in [1.165, 1.54) is 11.1 Å². The lowest BCUT2D eigenvalue weighted by Crippen LogP contribution is -2.29. The van der Waals surface area contributed by atoms with Gasteiger partial charge in [-0.25, -0.2) is 4.98 Å². The predicted molar refractivity (Wildman–Crippen MR) is 114 cm³/mol. The minimum absolute atomic E-state index is 0.0257. The highest BCUT2D eigenvalue weighted by atomic mass is 16.5. The monoisotopic (exact) mass is 385 g/mol. The van der Waals surface area contributed by atoms with Crippen LogP contribution in [0, 0.1) is 6.92 Å². The lowest BCUT2D eigenvalue weighted by molar-refractivity contribution is -0.123. The van der Waals surface area contributed by atoms with Gasteiger partial charge in [0.25, 0.3) is 5.91 Å². The molecule has 0 spiro atoms. The molecule has 0 aliphatic carbocycles. The number of carbonyl (C=O) groups is 1. The van der Waals surface area contributed by atoms with E-state index in [1.54, 1.807) is 0 Å². The largest absolute Gasteiger partial charge is 0.484 e. The van der Waals surface area contributed by atoms with E-state index in [0.717, 1.165) is 16.9 Å². The van der Waals surface area contributed by atoms with Crippen LogP contribution in [0.25, 0.3) is 11.0 Å². The Bertz CT molecular complexity index is 1120. The number of nitrogens with zero attached hydrogens (tertiary/aromatic N) is 2. The summed E-state index contributed by atoms with van der Waals surface area (Å²) in [5, 5.41) is 2.92. The van der Waals surface area contributed by atoms with Crippen molar-refractivity contribution < 1.29 is 9.53 Å². The molecule has 1 N–H and O–H groups in total. The SMILES string of the molecule is Cc1cccc(Cn2c(CNC(=O)COc3ccccc3)nc3ccccc32)c1. The van der Waals surface area contributed by atoms with Crippen LogP contribution in [0.4, 0.5) is 0 Å². The molecule has 4 aromatic rings. The number of para-hydroxylation sites is 3. The molecule has 1 aromatic heterocycles. The summed E-state index contributed by atoms with van der Waals surface area (Å²) < 4.78 is 7.67. The maximum absolute atomic E-state index is 12.2. The second-order valence-corrected chi connectivity index (χ2v) is 6.97. The molecule has 4 rings (SSSR count). The summed E-state index contributed by atoms with van der Waals surface area (Å²) in [6, 6.07) is 25.8. The van der Waals surface area contributed by atoms with Crippen LogP contribution in [0.2, 0.25) is 0 Å². The van der Waals surface area contributed by atoms with Gasteiger partial charge in [-0.2, -0.15) is 0 Å². The number of benzene rings is 3. The van der Waals surface area contributed by atoms with Crippen molar-refractivity contribution >= 4 is 16.9 Å². The van der Waals surface area contributed by atoms with Gasteiger partial charge in [0.15, 0.2) is 6.61 Å². The van der Waals surface area contributed by atoms with E-state index >= 15 is 0 Å². The molecule has 29 heavy (non-hydrogen) atoms. The minimum Gasteiger partial charge on any atom is -0.484 e. The number of aryl methyl sites for hydroxylation is 1.